The predicted molar refractivity (Wildman–Crippen MR) is 99.8 cm³/mol. The first-order valence-corrected chi connectivity index (χ1v) is 8.18. The molecule has 0 unspecified atom stereocenters. The Kier molecular flexibility index (Phi) is 5.21. The molecule has 1 aromatic heterocycles. The van der Waals surface area contributed by atoms with Crippen LogP contribution >= 0.6 is 0 Å². The number of hydrazine groups is 1. The minimum Gasteiger partial charge on any atom is -0.451 e. The van der Waals surface area contributed by atoms with Gasteiger partial charge in [0.15, 0.2) is 5.76 Å². The van der Waals surface area contributed by atoms with Crippen LogP contribution in [0.4, 0.5) is 10.1 Å². The molecule has 0 atom stereocenters. The van der Waals surface area contributed by atoms with Gasteiger partial charge in [-0.15, -0.1) is 0 Å². The number of halogens is 1. The second kappa shape index (κ2) is 7.74. The molecule has 0 aliphatic carbocycles. The highest BCUT2D eigenvalue weighted by Crippen LogP contribution is 2.24. The van der Waals surface area contributed by atoms with Gasteiger partial charge in [-0.05, 0) is 42.5 Å². The number of hydrogen-bond donors (Lipinski definition) is 2. The lowest BCUT2D eigenvalue weighted by Gasteiger charge is -2.13. The summed E-state index contributed by atoms with van der Waals surface area (Å²) >= 11 is 0. The van der Waals surface area contributed by atoms with Gasteiger partial charge in [-0.1, -0.05) is 18.2 Å². The first-order valence-electron chi connectivity index (χ1n) is 8.18. The van der Waals surface area contributed by atoms with Gasteiger partial charge < -0.3 is 9.32 Å². The van der Waals surface area contributed by atoms with Gasteiger partial charge in [-0.25, -0.2) is 4.39 Å². The number of nitrogens with one attached hydrogen (secondary N) is 2. The Balaban J connectivity index is 1.65. The number of hydrogen-bond acceptors (Lipinski definition) is 4. The lowest BCUT2D eigenvalue weighted by molar-refractivity contribution is 0.0831. The first kappa shape index (κ1) is 18.2. The number of carbonyl (C=O) groups is 2. The Bertz CT molecular complexity index is 982. The Morgan fingerprint density at radius 2 is 1.67 bits per heavy atom. The molecule has 2 N–H and O–H groups in total. The first-order chi connectivity index (χ1) is 13.0. The van der Waals surface area contributed by atoms with E-state index in [-0.39, 0.29) is 17.1 Å². The molecule has 6 nitrogen and oxygen atoms in total. The van der Waals surface area contributed by atoms with E-state index in [1.54, 1.807) is 36.4 Å². The molecule has 0 saturated heterocycles. The minimum absolute atomic E-state index is 0.0457. The number of benzene rings is 2. The molecule has 0 spiro atoms. The number of amides is 2. The standard InChI is InChI=1S/C20H18FN3O3/c1-24(2)14-7-5-6-13(12-14)19(25)22-23-20(26)18-11-10-17(27-18)15-8-3-4-9-16(15)21/h3-12H,1-2H3,(H,22,25)(H,23,26). The smallest absolute Gasteiger partial charge is 0.305 e. The van der Waals surface area contributed by atoms with Crippen LogP contribution in [0.3, 0.4) is 0 Å². The zero-order valence-electron chi connectivity index (χ0n) is 14.8. The summed E-state index contributed by atoms with van der Waals surface area (Å²) in [5.74, 6) is -1.38. The summed E-state index contributed by atoms with van der Waals surface area (Å²) in [5.41, 5.74) is 6.12. The van der Waals surface area contributed by atoms with Crippen LogP contribution in [-0.4, -0.2) is 25.9 Å². The van der Waals surface area contributed by atoms with Gasteiger partial charge in [0, 0.05) is 25.3 Å². The van der Waals surface area contributed by atoms with E-state index >= 15 is 0 Å². The summed E-state index contributed by atoms with van der Waals surface area (Å²) in [6, 6.07) is 15.9. The second-order valence-electron chi connectivity index (χ2n) is 6.00. The van der Waals surface area contributed by atoms with Crippen molar-refractivity contribution in [2.45, 2.75) is 0 Å². The third-order valence-corrected chi connectivity index (χ3v) is 3.88. The number of carbonyl (C=O) groups excluding carboxylic acids is 2. The highest BCUT2D eigenvalue weighted by Gasteiger charge is 2.15. The van der Waals surface area contributed by atoms with Crippen LogP contribution in [0, 0.1) is 5.82 Å². The third-order valence-electron chi connectivity index (χ3n) is 3.88. The molecule has 2 aromatic carbocycles. The molecular weight excluding hydrogens is 349 g/mol. The van der Waals surface area contributed by atoms with Crippen LogP contribution in [0.2, 0.25) is 0 Å². The summed E-state index contributed by atoms with van der Waals surface area (Å²) < 4.78 is 19.2. The predicted octanol–water partition coefficient (Wildman–Crippen LogP) is 3.23. The van der Waals surface area contributed by atoms with Crippen molar-refractivity contribution in [1.82, 2.24) is 10.9 Å². The summed E-state index contributed by atoms with van der Waals surface area (Å²) in [4.78, 5) is 26.2. The average Bonchev–Trinajstić information content (AvgIpc) is 3.16. The van der Waals surface area contributed by atoms with Gasteiger partial charge in [0.1, 0.15) is 11.6 Å². The second-order valence-corrected chi connectivity index (χ2v) is 6.00. The van der Waals surface area contributed by atoms with Gasteiger partial charge in [0.25, 0.3) is 5.91 Å². The van der Waals surface area contributed by atoms with Crippen molar-refractivity contribution in [3.05, 3.63) is 77.8 Å². The van der Waals surface area contributed by atoms with Crippen LogP contribution in [0.15, 0.2) is 65.1 Å². The zero-order valence-corrected chi connectivity index (χ0v) is 14.8. The van der Waals surface area contributed by atoms with Crippen molar-refractivity contribution in [2.24, 2.45) is 0 Å². The monoisotopic (exact) mass is 367 g/mol. The van der Waals surface area contributed by atoms with Crippen molar-refractivity contribution < 1.29 is 18.4 Å². The molecule has 0 aliphatic rings. The summed E-state index contributed by atoms with van der Waals surface area (Å²) in [7, 11) is 3.73. The number of furan rings is 1. The van der Waals surface area contributed by atoms with Gasteiger partial charge in [0.2, 0.25) is 0 Å². The number of rotatable bonds is 4. The molecule has 27 heavy (non-hydrogen) atoms. The average molecular weight is 367 g/mol. The minimum atomic E-state index is -0.644. The van der Waals surface area contributed by atoms with Gasteiger partial charge >= 0.3 is 5.91 Å². The lowest BCUT2D eigenvalue weighted by Crippen LogP contribution is -2.41. The molecule has 7 heteroatoms. The van der Waals surface area contributed by atoms with Crippen molar-refractivity contribution in [1.29, 1.82) is 0 Å². The molecule has 138 valence electrons. The van der Waals surface area contributed by atoms with Crippen LogP contribution in [0.25, 0.3) is 11.3 Å². The third kappa shape index (κ3) is 4.14. The molecule has 3 aromatic rings. The van der Waals surface area contributed by atoms with Crippen molar-refractivity contribution in [2.75, 3.05) is 19.0 Å². The van der Waals surface area contributed by atoms with E-state index in [9.17, 15) is 14.0 Å². The summed E-state index contributed by atoms with van der Waals surface area (Å²) in [5, 5.41) is 0. The van der Waals surface area contributed by atoms with Crippen LogP contribution in [-0.2, 0) is 0 Å². The van der Waals surface area contributed by atoms with E-state index in [1.807, 2.05) is 25.1 Å². The molecule has 0 radical (unpaired) electrons. The van der Waals surface area contributed by atoms with E-state index in [1.165, 1.54) is 18.2 Å². The fourth-order valence-electron chi connectivity index (χ4n) is 2.44. The molecule has 1 heterocycles. The maximum atomic E-state index is 13.8. The molecule has 0 saturated carbocycles. The van der Waals surface area contributed by atoms with Crippen LogP contribution in [0.5, 0.6) is 0 Å². The van der Waals surface area contributed by atoms with Crippen LogP contribution in [0.1, 0.15) is 20.9 Å². The van der Waals surface area contributed by atoms with E-state index in [4.69, 9.17) is 4.42 Å². The summed E-state index contributed by atoms with van der Waals surface area (Å²) in [6.07, 6.45) is 0. The Labute approximate surface area is 155 Å². The quantitative estimate of drug-likeness (QED) is 0.695. The highest BCUT2D eigenvalue weighted by atomic mass is 19.1. The Hall–Kier alpha value is -3.61. The van der Waals surface area contributed by atoms with E-state index in [0.717, 1.165) is 5.69 Å². The fraction of sp³-hybridized carbons (Fsp3) is 0.100. The molecule has 0 fully saturated rings. The molecule has 3 rings (SSSR count). The molecule has 2 amide bonds. The molecular formula is C20H18FN3O3. The van der Waals surface area contributed by atoms with Gasteiger partial charge in [-0.2, -0.15) is 0 Å². The van der Waals surface area contributed by atoms with E-state index < -0.39 is 17.6 Å². The molecule has 0 aliphatic heterocycles. The number of anilines is 1. The van der Waals surface area contributed by atoms with E-state index in [2.05, 4.69) is 10.9 Å². The Morgan fingerprint density at radius 3 is 2.41 bits per heavy atom. The number of nitrogens with zero attached hydrogens (tertiary/aromatic N) is 1. The maximum absolute atomic E-state index is 13.8. The Morgan fingerprint density at radius 1 is 0.926 bits per heavy atom. The largest absolute Gasteiger partial charge is 0.451 e. The van der Waals surface area contributed by atoms with Crippen LogP contribution < -0.4 is 15.8 Å². The van der Waals surface area contributed by atoms with Gasteiger partial charge in [0.05, 0.1) is 5.56 Å². The lowest BCUT2D eigenvalue weighted by atomic mass is 10.1. The van der Waals surface area contributed by atoms with Crippen molar-refractivity contribution >= 4 is 17.5 Å². The van der Waals surface area contributed by atoms with Gasteiger partial charge in [-0.3, -0.25) is 20.4 Å². The fourth-order valence-corrected chi connectivity index (χ4v) is 2.44. The maximum Gasteiger partial charge on any atom is 0.305 e. The summed E-state index contributed by atoms with van der Waals surface area (Å²) in [6.45, 7) is 0. The molecule has 0 bridgehead atoms. The van der Waals surface area contributed by atoms with Crippen molar-refractivity contribution in [3.8, 4) is 11.3 Å². The highest BCUT2D eigenvalue weighted by molar-refractivity contribution is 5.98. The zero-order chi connectivity index (χ0) is 19.4. The SMILES string of the molecule is CN(C)c1cccc(C(=O)NNC(=O)c2ccc(-c3ccccc3F)o2)c1. The topological polar surface area (TPSA) is 74.6 Å². The normalized spacial score (nSPS) is 10.3. The van der Waals surface area contributed by atoms with E-state index in [0.29, 0.717) is 5.56 Å². The van der Waals surface area contributed by atoms with Crippen molar-refractivity contribution in [3.63, 3.8) is 0 Å².